The number of benzene rings is 22. The second kappa shape index (κ2) is 29.4. The van der Waals surface area contributed by atoms with Crippen molar-refractivity contribution in [2.45, 2.75) is 79.3 Å². The van der Waals surface area contributed by atoms with Gasteiger partial charge in [0.05, 0.1) is 0 Å². The first-order valence-corrected chi connectivity index (χ1v) is 55.0. The van der Waals surface area contributed by atoms with E-state index in [1.807, 2.05) is 0 Å². The summed E-state index contributed by atoms with van der Waals surface area (Å²) in [5.41, 5.74) is 33.8. The lowest BCUT2D eigenvalue weighted by Crippen LogP contribution is -2.49. The molecule has 3 aliphatic heterocycles. The molecule has 614 valence electrons. The van der Waals surface area contributed by atoms with E-state index in [0.717, 1.165) is 0 Å². The van der Waals surface area contributed by atoms with E-state index in [0.29, 0.717) is 0 Å². The van der Waals surface area contributed by atoms with E-state index in [4.69, 9.17) is 0 Å². The SMILES string of the molecule is Cc1ccc2c(-c3cc4ccccc4c4ccccc34)c3ccccc3c(-c3ccc4c(c3)[Si](C)(C)c3ccccc3-4)c2c1.Cc1ccc2c(-c3ccc4c(c3)C(C)(C)c3ccccc3-4)c3ccccc3c(-c3ccc4c(c3)[Si](C)(C)c3ccccc3-4)c2c1.Cc1ccc2c(-c3cccc4ccccc34)c3ccccc3c(-c3ccc4c(c3)[Si](C)(C)c3ccccc3-4)c2c1. The van der Waals surface area contributed by atoms with E-state index >= 15 is 0 Å². The predicted octanol–water partition coefficient (Wildman–Crippen LogP) is 31.1. The molecular formula is C126H98Si3. The van der Waals surface area contributed by atoms with Gasteiger partial charge in [0, 0.05) is 5.41 Å². The van der Waals surface area contributed by atoms with Gasteiger partial charge < -0.3 is 0 Å². The molecule has 0 saturated heterocycles. The second-order valence-electron chi connectivity index (χ2n) is 39.0. The van der Waals surface area contributed by atoms with Crippen LogP contribution >= 0.6 is 0 Å². The van der Waals surface area contributed by atoms with Gasteiger partial charge >= 0.3 is 0 Å². The maximum atomic E-state index is 2.54. The molecule has 0 nitrogen and oxygen atoms in total. The lowest BCUT2D eigenvalue weighted by atomic mass is 9.80. The fourth-order valence-electron chi connectivity index (χ4n) is 23.8. The molecule has 0 atom stereocenters. The first-order chi connectivity index (χ1) is 62.8. The lowest BCUT2D eigenvalue weighted by Gasteiger charge is -2.23. The molecule has 129 heavy (non-hydrogen) atoms. The van der Waals surface area contributed by atoms with Gasteiger partial charge in [-0.25, -0.2) is 0 Å². The van der Waals surface area contributed by atoms with Gasteiger partial charge in [-0.05, 0) is 283 Å². The van der Waals surface area contributed by atoms with Crippen molar-refractivity contribution in [1.29, 1.82) is 0 Å². The van der Waals surface area contributed by atoms with Crippen molar-refractivity contribution in [2.75, 3.05) is 0 Å². The molecule has 0 unspecified atom stereocenters. The zero-order valence-corrected chi connectivity index (χ0v) is 78.0. The van der Waals surface area contributed by atoms with Crippen LogP contribution < -0.4 is 31.1 Å². The maximum absolute atomic E-state index is 2.54. The molecule has 0 amide bonds. The predicted molar refractivity (Wildman–Crippen MR) is 568 cm³/mol. The Bertz CT molecular complexity index is 8590. The first kappa shape index (κ1) is 78.3. The number of aryl methyl sites for hydroxylation is 3. The molecule has 22 aromatic rings. The van der Waals surface area contributed by atoms with Gasteiger partial charge in [0.25, 0.3) is 0 Å². The fourth-order valence-corrected chi connectivity index (χ4v) is 33.2. The standard InChI is InChI=1S/C44H36Si.C43H32Si.C39H30Si/c1-27-18-21-36-37(24-27)43(29-20-23-33-32-13-9-11-17-40(32)45(4,5)41(33)26-29)35-15-7-6-14-34(35)42(36)28-19-22-31-30-12-8-10-16-38(30)44(2,3)39(31)25-28;1-27-20-22-37-38(24-27)42(29-21-23-34-33-16-10-11-19-40(33)44(2,3)41(34)26-29)35-17-8-9-18-36(35)43(37)39-25-28-12-4-5-13-30(28)31-14-6-7-15-32(31)39;1-25-19-21-34-35(23-25)38(27-20-22-30-29-14-8-9-18-36(29)40(2,3)37(30)24-27)32-15-6-7-16-33(32)39(34)31-17-10-12-26-11-4-5-13-28(26)31/h6-26H,1-5H3;4-26H,1-3H3;4-24H,1-3H3. The average molecular weight is 1700 g/mol. The summed E-state index contributed by atoms with van der Waals surface area (Å²) in [6, 6.07) is 149. The average Bonchev–Trinajstić information content (AvgIpc) is 1.67. The highest BCUT2D eigenvalue weighted by molar-refractivity contribution is 7.05. The molecule has 4 aliphatic rings. The third kappa shape index (κ3) is 12.0. The molecule has 0 aromatic heterocycles. The zero-order chi connectivity index (χ0) is 87.3. The van der Waals surface area contributed by atoms with Crippen molar-refractivity contribution >= 4 is 152 Å². The van der Waals surface area contributed by atoms with E-state index in [2.05, 4.69) is 468 Å². The van der Waals surface area contributed by atoms with Crippen LogP contribution in [0, 0.1) is 20.8 Å². The number of fused-ring (bicyclic) bond motifs is 22. The van der Waals surface area contributed by atoms with Crippen LogP contribution in [0.1, 0.15) is 41.7 Å². The van der Waals surface area contributed by atoms with Gasteiger partial charge in [-0.15, -0.1) is 0 Å². The van der Waals surface area contributed by atoms with E-state index < -0.39 is 24.2 Å². The Morgan fingerprint density at radius 1 is 0.163 bits per heavy atom. The molecule has 26 rings (SSSR count). The Morgan fingerprint density at radius 2 is 0.450 bits per heavy atom. The van der Waals surface area contributed by atoms with Crippen molar-refractivity contribution in [2.24, 2.45) is 0 Å². The zero-order valence-electron chi connectivity index (χ0n) is 75.0. The Labute approximate surface area is 759 Å². The van der Waals surface area contributed by atoms with E-state index in [-0.39, 0.29) is 5.41 Å². The minimum atomic E-state index is -1.81. The number of hydrogen-bond acceptors (Lipinski definition) is 0. The van der Waals surface area contributed by atoms with Crippen molar-refractivity contribution in [3.8, 4) is 111 Å². The summed E-state index contributed by atoms with van der Waals surface area (Å²) in [5, 5.41) is 32.9. The Balaban J connectivity index is 0.000000108. The molecule has 0 bridgehead atoms. The molecule has 0 saturated carbocycles. The van der Waals surface area contributed by atoms with Gasteiger partial charge in [0.15, 0.2) is 0 Å². The Morgan fingerprint density at radius 3 is 0.899 bits per heavy atom. The van der Waals surface area contributed by atoms with Crippen LogP contribution in [-0.4, -0.2) is 24.2 Å². The highest BCUT2D eigenvalue weighted by atomic mass is 28.3. The summed E-state index contributed by atoms with van der Waals surface area (Å²) >= 11 is 0. The molecule has 3 heteroatoms. The molecule has 22 aromatic carbocycles. The van der Waals surface area contributed by atoms with E-state index in [1.165, 1.54) is 236 Å². The Hall–Kier alpha value is -14.2. The minimum absolute atomic E-state index is 0.0389. The minimum Gasteiger partial charge on any atom is -0.0623 e. The molecule has 0 N–H and O–H groups in total. The highest BCUT2D eigenvalue weighted by Gasteiger charge is 2.42. The van der Waals surface area contributed by atoms with Crippen molar-refractivity contribution in [1.82, 2.24) is 0 Å². The molecule has 1 aliphatic carbocycles. The van der Waals surface area contributed by atoms with Crippen LogP contribution in [0.2, 0.25) is 39.3 Å². The molecule has 3 heterocycles. The van der Waals surface area contributed by atoms with Gasteiger partial charge in [-0.1, -0.05) is 452 Å². The van der Waals surface area contributed by atoms with Crippen LogP contribution in [0.25, 0.3) is 208 Å². The van der Waals surface area contributed by atoms with Crippen molar-refractivity contribution < 1.29 is 0 Å². The monoisotopic (exact) mass is 1690 g/mol. The summed E-state index contributed by atoms with van der Waals surface area (Å²) in [6.45, 7) is 26.5. The fraction of sp³-hybridized carbons (Fsp3) is 0.0952. The lowest BCUT2D eigenvalue weighted by molar-refractivity contribution is 0.660. The second-order valence-corrected chi connectivity index (χ2v) is 52.0. The quantitative estimate of drug-likeness (QED) is 0.0884. The Kier molecular flexibility index (Phi) is 17.9. The van der Waals surface area contributed by atoms with Crippen molar-refractivity contribution in [3.63, 3.8) is 0 Å². The summed E-state index contributed by atoms with van der Waals surface area (Å²) < 4.78 is 0. The van der Waals surface area contributed by atoms with Crippen LogP contribution in [-0.2, 0) is 5.41 Å². The third-order valence-corrected chi connectivity index (χ3v) is 40.8. The van der Waals surface area contributed by atoms with Crippen LogP contribution in [0.4, 0.5) is 0 Å². The summed E-state index contributed by atoms with van der Waals surface area (Å²) in [7, 11) is -5.40. The summed E-state index contributed by atoms with van der Waals surface area (Å²) in [4.78, 5) is 0. The van der Waals surface area contributed by atoms with Gasteiger partial charge in [0.2, 0.25) is 0 Å². The molecule has 0 spiro atoms. The summed E-state index contributed by atoms with van der Waals surface area (Å²) in [6.07, 6.45) is 0. The van der Waals surface area contributed by atoms with Crippen molar-refractivity contribution in [3.05, 3.63) is 422 Å². The largest absolute Gasteiger partial charge is 0.113 e. The van der Waals surface area contributed by atoms with Gasteiger partial charge in [-0.3, -0.25) is 0 Å². The van der Waals surface area contributed by atoms with Crippen LogP contribution in [0.3, 0.4) is 0 Å². The normalized spacial score (nSPS) is 14.1. The number of hydrogen-bond donors (Lipinski definition) is 0. The van der Waals surface area contributed by atoms with Gasteiger partial charge in [-0.2, -0.15) is 0 Å². The summed E-state index contributed by atoms with van der Waals surface area (Å²) in [5.74, 6) is 0. The topological polar surface area (TPSA) is 0 Å². The molecule has 0 radical (unpaired) electrons. The van der Waals surface area contributed by atoms with E-state index in [9.17, 15) is 0 Å². The number of rotatable bonds is 6. The maximum Gasteiger partial charge on any atom is 0.113 e. The van der Waals surface area contributed by atoms with E-state index in [1.54, 1.807) is 31.1 Å². The highest BCUT2D eigenvalue weighted by Crippen LogP contribution is 2.54. The molecular weight excluding hydrogens is 1600 g/mol. The smallest absolute Gasteiger partial charge is 0.0623 e. The van der Waals surface area contributed by atoms with Gasteiger partial charge in [0.1, 0.15) is 24.2 Å². The third-order valence-electron chi connectivity index (χ3n) is 30.1. The van der Waals surface area contributed by atoms with Crippen LogP contribution in [0.5, 0.6) is 0 Å². The van der Waals surface area contributed by atoms with Crippen LogP contribution in [0.15, 0.2) is 394 Å². The first-order valence-electron chi connectivity index (χ1n) is 46.0. The molecule has 0 fully saturated rings.